The van der Waals surface area contributed by atoms with Gasteiger partial charge in [0.25, 0.3) is 0 Å². The first-order valence-electron chi connectivity index (χ1n) is 8.14. The van der Waals surface area contributed by atoms with Crippen LogP contribution in [0, 0.1) is 11.8 Å². The van der Waals surface area contributed by atoms with Gasteiger partial charge in [-0.2, -0.15) is 5.10 Å². The number of carboxylic acids is 1. The number of aliphatic carboxylic acids is 1. The van der Waals surface area contributed by atoms with E-state index >= 15 is 0 Å². The SMILES string of the molecule is CC(C)Cn1ncc(NC(=O)N2CCC(C(=O)O)C2)c1C(C)C. The topological polar surface area (TPSA) is 87.5 Å². The molecule has 0 aliphatic carbocycles. The number of nitrogens with one attached hydrogen (secondary N) is 1. The molecule has 0 aromatic carbocycles. The summed E-state index contributed by atoms with van der Waals surface area (Å²) in [6.45, 7) is 9.92. The van der Waals surface area contributed by atoms with Gasteiger partial charge in [0.15, 0.2) is 0 Å². The van der Waals surface area contributed by atoms with Crippen LogP contribution in [0.4, 0.5) is 10.5 Å². The van der Waals surface area contributed by atoms with Crippen LogP contribution in [-0.4, -0.2) is 44.9 Å². The minimum absolute atomic E-state index is 0.233. The Morgan fingerprint density at radius 1 is 1.39 bits per heavy atom. The van der Waals surface area contributed by atoms with Gasteiger partial charge in [0.05, 0.1) is 23.5 Å². The molecule has 0 bridgehead atoms. The van der Waals surface area contributed by atoms with Crippen molar-refractivity contribution in [3.63, 3.8) is 0 Å². The van der Waals surface area contributed by atoms with Crippen LogP contribution in [0.1, 0.15) is 45.7 Å². The summed E-state index contributed by atoms with van der Waals surface area (Å²) < 4.78 is 1.94. The van der Waals surface area contributed by atoms with Gasteiger partial charge in [-0.25, -0.2) is 4.79 Å². The third-order valence-corrected chi connectivity index (χ3v) is 4.03. The molecular weight excluding hydrogens is 296 g/mol. The lowest BCUT2D eigenvalue weighted by Gasteiger charge is -2.18. The van der Waals surface area contributed by atoms with E-state index in [0.717, 1.165) is 12.2 Å². The van der Waals surface area contributed by atoms with Crippen molar-refractivity contribution in [3.8, 4) is 0 Å². The van der Waals surface area contributed by atoms with Crippen molar-refractivity contribution in [1.29, 1.82) is 0 Å². The van der Waals surface area contributed by atoms with Crippen LogP contribution in [-0.2, 0) is 11.3 Å². The monoisotopic (exact) mass is 322 g/mol. The van der Waals surface area contributed by atoms with Crippen molar-refractivity contribution < 1.29 is 14.7 Å². The Labute approximate surface area is 136 Å². The van der Waals surface area contributed by atoms with Crippen molar-refractivity contribution in [2.45, 2.75) is 46.6 Å². The second-order valence-electron chi connectivity index (χ2n) is 6.87. The first-order chi connectivity index (χ1) is 10.8. The molecule has 7 nitrogen and oxygen atoms in total. The molecule has 7 heteroatoms. The van der Waals surface area contributed by atoms with Crippen LogP contribution in [0.25, 0.3) is 0 Å². The number of carbonyl (C=O) groups excluding carboxylic acids is 1. The largest absolute Gasteiger partial charge is 0.481 e. The molecule has 1 atom stereocenters. The van der Waals surface area contributed by atoms with Gasteiger partial charge in [-0.1, -0.05) is 27.7 Å². The van der Waals surface area contributed by atoms with E-state index in [1.54, 1.807) is 11.1 Å². The highest BCUT2D eigenvalue weighted by atomic mass is 16.4. The lowest BCUT2D eigenvalue weighted by atomic mass is 10.1. The first kappa shape index (κ1) is 17.3. The lowest BCUT2D eigenvalue weighted by molar-refractivity contribution is -0.141. The van der Waals surface area contributed by atoms with Crippen molar-refractivity contribution in [2.24, 2.45) is 11.8 Å². The zero-order chi connectivity index (χ0) is 17.1. The van der Waals surface area contributed by atoms with Crippen molar-refractivity contribution in [3.05, 3.63) is 11.9 Å². The zero-order valence-corrected chi connectivity index (χ0v) is 14.2. The number of hydrogen-bond donors (Lipinski definition) is 2. The minimum atomic E-state index is -0.840. The molecule has 1 fully saturated rings. The highest BCUT2D eigenvalue weighted by molar-refractivity contribution is 5.90. The Morgan fingerprint density at radius 2 is 2.09 bits per heavy atom. The molecule has 1 aliphatic heterocycles. The molecule has 1 aliphatic rings. The van der Waals surface area contributed by atoms with Crippen molar-refractivity contribution >= 4 is 17.7 Å². The van der Waals surface area contributed by atoms with E-state index in [2.05, 4.69) is 38.1 Å². The van der Waals surface area contributed by atoms with Crippen LogP contribution in [0.2, 0.25) is 0 Å². The quantitative estimate of drug-likeness (QED) is 0.872. The Morgan fingerprint density at radius 3 is 2.61 bits per heavy atom. The predicted molar refractivity (Wildman–Crippen MR) is 87.5 cm³/mol. The maximum Gasteiger partial charge on any atom is 0.321 e. The van der Waals surface area contributed by atoms with Crippen LogP contribution >= 0.6 is 0 Å². The zero-order valence-electron chi connectivity index (χ0n) is 14.2. The number of carboxylic acid groups (broad SMARTS) is 1. The van der Waals surface area contributed by atoms with Gasteiger partial charge < -0.3 is 15.3 Å². The van der Waals surface area contributed by atoms with Gasteiger partial charge in [-0.15, -0.1) is 0 Å². The number of hydrogen-bond acceptors (Lipinski definition) is 3. The molecule has 128 valence electrons. The Kier molecular flexibility index (Phi) is 5.28. The lowest BCUT2D eigenvalue weighted by Crippen LogP contribution is -2.34. The second-order valence-corrected chi connectivity index (χ2v) is 6.87. The molecule has 0 saturated carbocycles. The van der Waals surface area contributed by atoms with Gasteiger partial charge >= 0.3 is 12.0 Å². The van der Waals surface area contributed by atoms with Gasteiger partial charge in [-0.05, 0) is 18.3 Å². The number of urea groups is 1. The standard InChI is InChI=1S/C16H26N4O3/c1-10(2)8-20-14(11(3)4)13(7-17-20)18-16(23)19-6-5-12(9-19)15(21)22/h7,10-12H,5-6,8-9H2,1-4H3,(H,18,23)(H,21,22). The second kappa shape index (κ2) is 7.02. The van der Waals surface area contributed by atoms with Gasteiger partial charge in [0, 0.05) is 19.6 Å². The fourth-order valence-corrected chi connectivity index (χ4v) is 2.93. The molecule has 23 heavy (non-hydrogen) atoms. The van der Waals surface area contributed by atoms with Crippen molar-refractivity contribution in [2.75, 3.05) is 18.4 Å². The van der Waals surface area contributed by atoms with E-state index in [4.69, 9.17) is 5.11 Å². The fourth-order valence-electron chi connectivity index (χ4n) is 2.93. The van der Waals surface area contributed by atoms with E-state index in [-0.39, 0.29) is 18.5 Å². The third kappa shape index (κ3) is 4.03. The average molecular weight is 322 g/mol. The summed E-state index contributed by atoms with van der Waals surface area (Å²) in [5.74, 6) is -0.607. The third-order valence-electron chi connectivity index (χ3n) is 4.03. The Bertz CT molecular complexity index is 580. The Hall–Kier alpha value is -2.05. The average Bonchev–Trinajstić information content (AvgIpc) is 3.05. The minimum Gasteiger partial charge on any atom is -0.481 e. The van der Waals surface area contributed by atoms with Gasteiger partial charge in [-0.3, -0.25) is 9.48 Å². The molecule has 0 spiro atoms. The van der Waals surface area contributed by atoms with Gasteiger partial charge in [0.2, 0.25) is 0 Å². The molecule has 1 saturated heterocycles. The molecule has 2 N–H and O–H groups in total. The molecule has 2 amide bonds. The summed E-state index contributed by atoms with van der Waals surface area (Å²) in [6.07, 6.45) is 2.19. The van der Waals surface area contributed by atoms with E-state index in [1.165, 1.54) is 0 Å². The molecule has 1 aromatic rings. The smallest absolute Gasteiger partial charge is 0.321 e. The summed E-state index contributed by atoms with van der Waals surface area (Å²) in [7, 11) is 0. The van der Waals surface area contributed by atoms with Crippen LogP contribution < -0.4 is 5.32 Å². The maximum atomic E-state index is 12.4. The first-order valence-corrected chi connectivity index (χ1v) is 8.14. The van der Waals surface area contributed by atoms with Crippen LogP contribution in [0.5, 0.6) is 0 Å². The van der Waals surface area contributed by atoms with Gasteiger partial charge in [0.1, 0.15) is 0 Å². The van der Waals surface area contributed by atoms with E-state index in [1.807, 2.05) is 4.68 Å². The molecule has 1 unspecified atom stereocenters. The summed E-state index contributed by atoms with van der Waals surface area (Å²) in [5, 5.41) is 16.3. The summed E-state index contributed by atoms with van der Waals surface area (Å²) in [6, 6.07) is -0.250. The molecule has 1 aromatic heterocycles. The van der Waals surface area contributed by atoms with Crippen LogP contribution in [0.15, 0.2) is 6.20 Å². The molecule has 2 rings (SSSR count). The number of amides is 2. The molecular formula is C16H26N4O3. The number of likely N-dealkylation sites (tertiary alicyclic amines) is 1. The van der Waals surface area contributed by atoms with Crippen LogP contribution in [0.3, 0.4) is 0 Å². The molecule has 2 heterocycles. The van der Waals surface area contributed by atoms with E-state index in [9.17, 15) is 9.59 Å². The number of anilines is 1. The van der Waals surface area contributed by atoms with Crippen molar-refractivity contribution in [1.82, 2.24) is 14.7 Å². The summed E-state index contributed by atoms with van der Waals surface area (Å²) in [4.78, 5) is 24.9. The normalized spacial score (nSPS) is 18.0. The highest BCUT2D eigenvalue weighted by Crippen LogP contribution is 2.26. The molecule has 0 radical (unpaired) electrons. The fraction of sp³-hybridized carbons (Fsp3) is 0.688. The predicted octanol–water partition coefficient (Wildman–Crippen LogP) is 2.60. The number of rotatable bonds is 5. The number of carbonyl (C=O) groups is 2. The van der Waals surface area contributed by atoms with E-state index < -0.39 is 11.9 Å². The maximum absolute atomic E-state index is 12.4. The number of nitrogens with zero attached hydrogens (tertiary/aromatic N) is 3. The number of aromatic nitrogens is 2. The highest BCUT2D eigenvalue weighted by Gasteiger charge is 2.31. The summed E-state index contributed by atoms with van der Waals surface area (Å²) >= 11 is 0. The summed E-state index contributed by atoms with van der Waals surface area (Å²) in [5.41, 5.74) is 1.71. The Balaban J connectivity index is 2.09. The van der Waals surface area contributed by atoms with E-state index in [0.29, 0.717) is 24.6 Å².